The van der Waals surface area contributed by atoms with Crippen LogP contribution in [0.1, 0.15) is 41.6 Å². The molecule has 6 heteroatoms. The number of carbonyl (C=O) groups excluding carboxylic acids is 1. The summed E-state index contributed by atoms with van der Waals surface area (Å²) in [7, 11) is 4.00. The van der Waals surface area contributed by atoms with Crippen molar-refractivity contribution in [3.8, 4) is 0 Å². The van der Waals surface area contributed by atoms with E-state index in [4.69, 9.17) is 9.97 Å². The maximum absolute atomic E-state index is 12.5. The van der Waals surface area contributed by atoms with Crippen molar-refractivity contribution in [2.24, 2.45) is 0 Å². The first kappa shape index (κ1) is 20.1. The van der Waals surface area contributed by atoms with Crippen molar-refractivity contribution in [2.45, 2.75) is 44.7 Å². The summed E-state index contributed by atoms with van der Waals surface area (Å²) in [5.74, 6) is 1.61. The Morgan fingerprint density at radius 3 is 2.43 bits per heavy atom. The van der Waals surface area contributed by atoms with Gasteiger partial charge in [0, 0.05) is 37.1 Å². The Morgan fingerprint density at radius 1 is 0.967 bits per heavy atom. The fourth-order valence-corrected chi connectivity index (χ4v) is 4.08. The van der Waals surface area contributed by atoms with E-state index < -0.39 is 0 Å². The molecule has 0 aliphatic heterocycles. The SMILES string of the molecule is Cc1cccc(C(=O)N[C@H]2CC[C@@H](Nc3nc(N(C)C)c4ccccc4n3)CC2)c1. The number of hydrogen-bond acceptors (Lipinski definition) is 5. The fourth-order valence-electron chi connectivity index (χ4n) is 4.08. The van der Waals surface area contributed by atoms with Crippen molar-refractivity contribution in [1.82, 2.24) is 15.3 Å². The number of anilines is 2. The number of fused-ring (bicyclic) bond motifs is 1. The zero-order chi connectivity index (χ0) is 21.1. The Balaban J connectivity index is 1.37. The standard InChI is InChI=1S/C24H29N5O/c1-16-7-6-8-17(15-16)23(30)25-18-11-13-19(14-12-18)26-24-27-21-10-5-4-9-20(21)22(28-24)29(2)3/h4-10,15,18-19H,11-14H2,1-3H3,(H,25,30)(H,26,27,28)/t18-,19+. The predicted molar refractivity (Wildman–Crippen MR) is 122 cm³/mol. The van der Waals surface area contributed by atoms with E-state index in [1.165, 1.54) is 0 Å². The number of benzene rings is 2. The van der Waals surface area contributed by atoms with Crippen molar-refractivity contribution in [1.29, 1.82) is 0 Å². The van der Waals surface area contributed by atoms with Gasteiger partial charge < -0.3 is 15.5 Å². The highest BCUT2D eigenvalue weighted by molar-refractivity contribution is 5.94. The van der Waals surface area contributed by atoms with Crippen LogP contribution in [0.4, 0.5) is 11.8 Å². The third-order valence-corrected chi connectivity index (χ3v) is 5.68. The topological polar surface area (TPSA) is 70.2 Å². The maximum Gasteiger partial charge on any atom is 0.251 e. The second kappa shape index (κ2) is 8.69. The van der Waals surface area contributed by atoms with Gasteiger partial charge >= 0.3 is 0 Å². The smallest absolute Gasteiger partial charge is 0.251 e. The zero-order valence-corrected chi connectivity index (χ0v) is 17.9. The lowest BCUT2D eigenvalue weighted by molar-refractivity contribution is 0.0926. The first-order valence-corrected chi connectivity index (χ1v) is 10.6. The van der Waals surface area contributed by atoms with Gasteiger partial charge in [-0.1, -0.05) is 29.8 Å². The van der Waals surface area contributed by atoms with E-state index in [-0.39, 0.29) is 11.9 Å². The van der Waals surface area contributed by atoms with Crippen molar-refractivity contribution < 1.29 is 4.79 Å². The minimum Gasteiger partial charge on any atom is -0.362 e. The quantitative estimate of drug-likeness (QED) is 0.669. The highest BCUT2D eigenvalue weighted by Gasteiger charge is 2.23. The van der Waals surface area contributed by atoms with Gasteiger partial charge in [0.25, 0.3) is 5.91 Å². The van der Waals surface area contributed by atoms with Crippen LogP contribution in [0.25, 0.3) is 10.9 Å². The van der Waals surface area contributed by atoms with Crippen LogP contribution in [0.2, 0.25) is 0 Å². The van der Waals surface area contributed by atoms with Crippen LogP contribution < -0.4 is 15.5 Å². The number of rotatable bonds is 5. The van der Waals surface area contributed by atoms with Crippen molar-refractivity contribution in [3.05, 3.63) is 59.7 Å². The van der Waals surface area contributed by atoms with Crippen molar-refractivity contribution in [2.75, 3.05) is 24.3 Å². The Kier molecular flexibility index (Phi) is 5.84. The third-order valence-electron chi connectivity index (χ3n) is 5.68. The molecule has 1 heterocycles. The second-order valence-corrected chi connectivity index (χ2v) is 8.32. The molecule has 1 aliphatic rings. The van der Waals surface area contributed by atoms with Gasteiger partial charge in [0.15, 0.2) is 0 Å². The molecule has 0 unspecified atom stereocenters. The Morgan fingerprint density at radius 2 is 1.70 bits per heavy atom. The van der Waals surface area contributed by atoms with Crippen LogP contribution in [-0.4, -0.2) is 42.1 Å². The van der Waals surface area contributed by atoms with Crippen molar-refractivity contribution >= 4 is 28.6 Å². The Bertz CT molecular complexity index is 1040. The summed E-state index contributed by atoms with van der Waals surface area (Å²) < 4.78 is 0. The fraction of sp³-hybridized carbons (Fsp3) is 0.375. The molecule has 30 heavy (non-hydrogen) atoms. The summed E-state index contributed by atoms with van der Waals surface area (Å²) in [5.41, 5.74) is 2.77. The maximum atomic E-state index is 12.5. The summed E-state index contributed by atoms with van der Waals surface area (Å²) in [6.07, 6.45) is 3.85. The number of para-hydroxylation sites is 1. The molecule has 1 aromatic heterocycles. The van der Waals surface area contributed by atoms with Crippen LogP contribution >= 0.6 is 0 Å². The van der Waals surface area contributed by atoms with Crippen LogP contribution in [0.3, 0.4) is 0 Å². The van der Waals surface area contributed by atoms with E-state index >= 15 is 0 Å². The number of aryl methyl sites for hydroxylation is 1. The summed E-state index contributed by atoms with van der Waals surface area (Å²) in [4.78, 5) is 24.0. The van der Waals surface area contributed by atoms with E-state index in [0.29, 0.717) is 12.0 Å². The minimum absolute atomic E-state index is 0.0172. The number of aromatic nitrogens is 2. The zero-order valence-electron chi connectivity index (χ0n) is 17.9. The highest BCUT2D eigenvalue weighted by atomic mass is 16.1. The number of amides is 1. The van der Waals surface area contributed by atoms with Gasteiger partial charge in [-0.2, -0.15) is 4.98 Å². The molecule has 0 bridgehead atoms. The summed E-state index contributed by atoms with van der Waals surface area (Å²) in [5, 5.41) is 7.76. The van der Waals surface area contributed by atoms with Crippen molar-refractivity contribution in [3.63, 3.8) is 0 Å². The molecular formula is C24H29N5O. The summed E-state index contributed by atoms with van der Waals surface area (Å²) >= 11 is 0. The molecule has 0 radical (unpaired) electrons. The molecule has 1 amide bonds. The predicted octanol–water partition coefficient (Wildman–Crippen LogP) is 4.16. The van der Waals surface area contributed by atoms with E-state index in [1.807, 2.05) is 68.4 Å². The lowest BCUT2D eigenvalue weighted by atomic mass is 9.91. The summed E-state index contributed by atoms with van der Waals surface area (Å²) in [6, 6.07) is 16.3. The van der Waals surface area contributed by atoms with Crippen LogP contribution in [0.15, 0.2) is 48.5 Å². The molecule has 0 spiro atoms. The van der Waals surface area contributed by atoms with Crippen LogP contribution in [-0.2, 0) is 0 Å². The average Bonchev–Trinajstić information content (AvgIpc) is 2.74. The van der Waals surface area contributed by atoms with Crippen LogP contribution in [0.5, 0.6) is 0 Å². The van der Waals surface area contributed by atoms with E-state index in [9.17, 15) is 4.79 Å². The highest BCUT2D eigenvalue weighted by Crippen LogP contribution is 2.26. The second-order valence-electron chi connectivity index (χ2n) is 8.32. The first-order valence-electron chi connectivity index (χ1n) is 10.6. The normalized spacial score (nSPS) is 18.8. The monoisotopic (exact) mass is 403 g/mol. The first-order chi connectivity index (χ1) is 14.5. The molecular weight excluding hydrogens is 374 g/mol. The van der Waals surface area contributed by atoms with Gasteiger partial charge in [-0.15, -0.1) is 0 Å². The molecule has 0 atom stereocenters. The van der Waals surface area contributed by atoms with Gasteiger partial charge in [0.2, 0.25) is 5.95 Å². The molecule has 0 saturated heterocycles. The Labute approximate surface area is 177 Å². The van der Waals surface area contributed by atoms with E-state index in [2.05, 4.69) is 16.7 Å². The molecule has 3 aromatic rings. The number of nitrogens with zero attached hydrogens (tertiary/aromatic N) is 3. The van der Waals surface area contributed by atoms with E-state index in [0.717, 1.165) is 53.5 Å². The minimum atomic E-state index is 0.0172. The van der Waals surface area contributed by atoms with Gasteiger partial charge in [0.1, 0.15) is 5.82 Å². The summed E-state index contributed by atoms with van der Waals surface area (Å²) in [6.45, 7) is 2.00. The average molecular weight is 404 g/mol. The lowest BCUT2D eigenvalue weighted by Gasteiger charge is -2.30. The molecule has 4 rings (SSSR count). The molecule has 156 valence electrons. The van der Waals surface area contributed by atoms with E-state index in [1.54, 1.807) is 0 Å². The molecule has 1 saturated carbocycles. The molecule has 1 aliphatic carbocycles. The van der Waals surface area contributed by atoms with Gasteiger partial charge in [0.05, 0.1) is 5.52 Å². The molecule has 6 nitrogen and oxygen atoms in total. The van der Waals surface area contributed by atoms with Gasteiger partial charge in [-0.3, -0.25) is 4.79 Å². The number of hydrogen-bond donors (Lipinski definition) is 2. The van der Waals surface area contributed by atoms with Gasteiger partial charge in [-0.25, -0.2) is 4.98 Å². The number of nitrogens with one attached hydrogen (secondary N) is 2. The third kappa shape index (κ3) is 4.53. The lowest BCUT2D eigenvalue weighted by Crippen LogP contribution is -2.40. The van der Waals surface area contributed by atoms with Crippen LogP contribution in [0, 0.1) is 6.92 Å². The molecule has 2 N–H and O–H groups in total. The van der Waals surface area contributed by atoms with Gasteiger partial charge in [-0.05, 0) is 56.9 Å². The molecule has 1 fully saturated rings. The number of carbonyl (C=O) groups is 1. The molecule has 2 aromatic carbocycles. The largest absolute Gasteiger partial charge is 0.362 e. The Hall–Kier alpha value is -3.15.